The third-order valence-electron chi connectivity index (χ3n) is 5.10. The Morgan fingerprint density at radius 1 is 0.553 bits per heavy atom. The Balaban J connectivity index is 0.000000256. The van der Waals surface area contributed by atoms with E-state index in [1.165, 1.54) is 23.3 Å². The molecule has 0 atom stereocenters. The van der Waals surface area contributed by atoms with Crippen molar-refractivity contribution in [3.05, 3.63) is 108 Å². The van der Waals surface area contributed by atoms with Gasteiger partial charge in [-0.05, 0) is 24.3 Å². The van der Waals surface area contributed by atoms with Crippen LogP contribution in [-0.2, 0) is 33.3 Å². The highest BCUT2D eigenvalue weighted by molar-refractivity contribution is 7.86. The van der Waals surface area contributed by atoms with Gasteiger partial charge in [0.05, 0.1) is 22.9 Å². The number of quaternary nitrogens is 2. The first-order chi connectivity index (χ1) is 17.9. The maximum Gasteiger partial charge on any atom is 0.125 e. The molecule has 0 aliphatic carbocycles. The molecule has 0 aliphatic heterocycles. The van der Waals surface area contributed by atoms with Crippen LogP contribution in [0.2, 0.25) is 0 Å². The van der Waals surface area contributed by atoms with Crippen LogP contribution >= 0.6 is 0 Å². The molecule has 4 rings (SSSR count). The molecule has 0 fully saturated rings. The van der Waals surface area contributed by atoms with Gasteiger partial charge in [-0.15, -0.1) is 0 Å². The van der Waals surface area contributed by atoms with Crippen LogP contribution in [0.5, 0.6) is 0 Å². The molecule has 202 valence electrons. The fraction of sp³-hybridized carbons (Fsp3) is 0.0769. The fourth-order valence-electron chi connectivity index (χ4n) is 3.23. The third-order valence-corrected chi connectivity index (χ3v) is 6.86. The number of nitrogens with two attached hydrogens (primary N) is 2. The SMILES string of the molecule is Nc1ccc(-c2ccc(N)cc2S(=O)(=O)[O-])c(S(=O)(=O)[O-])c1.[NH3+]Cc1ccccc1.[NH3+]Cc1ccccc1. The van der Waals surface area contributed by atoms with E-state index in [9.17, 15) is 25.9 Å². The number of nitrogen functional groups attached to an aromatic ring is 2. The first kappa shape index (κ1) is 30.4. The zero-order valence-electron chi connectivity index (χ0n) is 20.5. The lowest BCUT2D eigenvalue weighted by Crippen LogP contribution is -2.47. The predicted molar refractivity (Wildman–Crippen MR) is 143 cm³/mol. The van der Waals surface area contributed by atoms with E-state index < -0.39 is 30.0 Å². The van der Waals surface area contributed by atoms with Crippen molar-refractivity contribution in [2.75, 3.05) is 11.5 Å². The molecule has 10 nitrogen and oxygen atoms in total. The van der Waals surface area contributed by atoms with Gasteiger partial charge < -0.3 is 32.0 Å². The van der Waals surface area contributed by atoms with Crippen molar-refractivity contribution < 1.29 is 37.4 Å². The normalized spacial score (nSPS) is 10.9. The molecule has 0 bridgehead atoms. The minimum absolute atomic E-state index is 0.000139. The standard InChI is InChI=1S/C12H12N2O6S2.2C7H9N/c13-7-1-3-9(11(5-7)21(15,16)17)10-4-2-8(14)6-12(10)22(18,19)20;2*8-6-7-4-2-1-3-5-7/h1-6H,13-14H2,(H,15,16,17)(H,18,19,20);2*1-5H,6,8H2. The highest BCUT2D eigenvalue weighted by atomic mass is 32.2. The molecule has 4 aromatic carbocycles. The summed E-state index contributed by atoms with van der Waals surface area (Å²) in [7, 11) is -9.87. The lowest BCUT2D eigenvalue weighted by Gasteiger charge is -2.18. The molecule has 0 saturated heterocycles. The Morgan fingerprint density at radius 2 is 0.868 bits per heavy atom. The van der Waals surface area contributed by atoms with Crippen LogP contribution < -0.4 is 22.9 Å². The van der Waals surface area contributed by atoms with E-state index >= 15 is 0 Å². The van der Waals surface area contributed by atoms with Crippen LogP contribution in [0, 0.1) is 0 Å². The third kappa shape index (κ3) is 9.27. The molecule has 0 saturated carbocycles. The van der Waals surface area contributed by atoms with E-state index in [1.807, 2.05) is 36.4 Å². The van der Waals surface area contributed by atoms with E-state index in [1.54, 1.807) is 0 Å². The van der Waals surface area contributed by atoms with Crippen molar-refractivity contribution in [3.63, 3.8) is 0 Å². The molecular formula is C26H30N4O6S2. The van der Waals surface area contributed by atoms with Crippen LogP contribution in [0.3, 0.4) is 0 Å². The van der Waals surface area contributed by atoms with Crippen LogP contribution in [0.25, 0.3) is 11.1 Å². The molecule has 4 aromatic rings. The monoisotopic (exact) mass is 558 g/mol. The van der Waals surface area contributed by atoms with Gasteiger partial charge in [0.15, 0.2) is 0 Å². The van der Waals surface area contributed by atoms with Crippen molar-refractivity contribution in [2.24, 2.45) is 0 Å². The number of benzene rings is 4. The molecule has 0 spiro atoms. The Morgan fingerprint density at radius 3 is 1.11 bits per heavy atom. The summed E-state index contributed by atoms with van der Waals surface area (Å²) in [6.45, 7) is 1.78. The summed E-state index contributed by atoms with van der Waals surface area (Å²) in [4.78, 5) is -1.44. The molecule has 12 heteroatoms. The molecule has 10 N–H and O–H groups in total. The first-order valence-electron chi connectivity index (χ1n) is 11.2. The maximum atomic E-state index is 11.3. The largest absolute Gasteiger partial charge is 0.744 e. The van der Waals surface area contributed by atoms with Gasteiger partial charge in [-0.3, -0.25) is 0 Å². The zero-order valence-corrected chi connectivity index (χ0v) is 22.1. The van der Waals surface area contributed by atoms with Crippen molar-refractivity contribution >= 4 is 31.6 Å². The highest BCUT2D eigenvalue weighted by Gasteiger charge is 2.17. The minimum atomic E-state index is -4.93. The van der Waals surface area contributed by atoms with E-state index in [0.717, 1.165) is 37.4 Å². The number of hydrogen-bond acceptors (Lipinski definition) is 8. The first-order valence-corrected chi connectivity index (χ1v) is 14.1. The lowest BCUT2D eigenvalue weighted by molar-refractivity contribution is -0.386. The second-order valence-electron chi connectivity index (χ2n) is 7.89. The van der Waals surface area contributed by atoms with Crippen LogP contribution in [0.1, 0.15) is 11.1 Å². The Kier molecular flexibility index (Phi) is 11.0. The summed E-state index contributed by atoms with van der Waals surface area (Å²) in [5.74, 6) is 0. The zero-order chi connectivity index (χ0) is 28.3. The quantitative estimate of drug-likeness (QED) is 0.205. The number of hydrogen-bond donors (Lipinski definition) is 4. The molecule has 0 aliphatic rings. The molecule has 0 aromatic heterocycles. The lowest BCUT2D eigenvalue weighted by atomic mass is 10.0. The second kappa shape index (κ2) is 13.7. The Labute approximate surface area is 222 Å². The maximum absolute atomic E-state index is 11.3. The average molecular weight is 559 g/mol. The predicted octanol–water partition coefficient (Wildman–Crippen LogP) is 1.18. The van der Waals surface area contributed by atoms with Crippen molar-refractivity contribution in [1.82, 2.24) is 0 Å². The highest BCUT2D eigenvalue weighted by Crippen LogP contribution is 2.34. The summed E-state index contributed by atoms with van der Waals surface area (Å²) < 4.78 is 68.1. The van der Waals surface area contributed by atoms with E-state index in [2.05, 4.69) is 35.7 Å². The summed E-state index contributed by atoms with van der Waals surface area (Å²) in [5, 5.41) is 0. The van der Waals surface area contributed by atoms with E-state index in [4.69, 9.17) is 11.5 Å². The average Bonchev–Trinajstić information content (AvgIpc) is 2.89. The molecule has 0 radical (unpaired) electrons. The van der Waals surface area contributed by atoms with Gasteiger partial charge in [-0.2, -0.15) is 0 Å². The fourth-order valence-corrected chi connectivity index (χ4v) is 4.68. The molecular weight excluding hydrogens is 528 g/mol. The van der Waals surface area contributed by atoms with Gasteiger partial charge in [0.2, 0.25) is 0 Å². The van der Waals surface area contributed by atoms with Gasteiger partial charge in [-0.25, -0.2) is 16.8 Å². The Bertz CT molecular complexity index is 1430. The van der Waals surface area contributed by atoms with Crippen molar-refractivity contribution in [1.29, 1.82) is 0 Å². The summed E-state index contributed by atoms with van der Waals surface area (Å²) in [5.41, 5.74) is 20.5. The van der Waals surface area contributed by atoms with Gasteiger partial charge >= 0.3 is 0 Å². The van der Waals surface area contributed by atoms with Crippen molar-refractivity contribution in [2.45, 2.75) is 22.9 Å². The van der Waals surface area contributed by atoms with Crippen molar-refractivity contribution in [3.8, 4) is 11.1 Å². The summed E-state index contributed by atoms with van der Waals surface area (Å²) in [6.07, 6.45) is 0. The van der Waals surface area contributed by atoms with Crippen LogP contribution in [0.15, 0.2) is 107 Å². The van der Waals surface area contributed by atoms with E-state index in [-0.39, 0.29) is 22.5 Å². The van der Waals surface area contributed by atoms with Crippen LogP contribution in [-0.4, -0.2) is 25.9 Å². The van der Waals surface area contributed by atoms with Gasteiger partial charge in [0.25, 0.3) is 0 Å². The van der Waals surface area contributed by atoms with Gasteiger partial charge in [0, 0.05) is 33.6 Å². The molecule has 0 amide bonds. The number of rotatable bonds is 5. The minimum Gasteiger partial charge on any atom is -0.744 e. The second-order valence-corrected chi connectivity index (χ2v) is 10.6. The molecule has 0 heterocycles. The Hall–Kier alpha value is -3.78. The summed E-state index contributed by atoms with van der Waals surface area (Å²) in [6, 6.07) is 27.1. The number of anilines is 2. The summed E-state index contributed by atoms with van der Waals surface area (Å²) >= 11 is 0. The van der Waals surface area contributed by atoms with Gasteiger partial charge in [0.1, 0.15) is 20.2 Å². The molecule has 38 heavy (non-hydrogen) atoms. The smallest absolute Gasteiger partial charge is 0.125 e. The topological polar surface area (TPSA) is 222 Å². The molecule has 0 unspecified atom stereocenters. The van der Waals surface area contributed by atoms with Crippen LogP contribution in [0.4, 0.5) is 11.4 Å². The van der Waals surface area contributed by atoms with E-state index in [0.29, 0.717) is 0 Å². The van der Waals surface area contributed by atoms with Gasteiger partial charge in [-0.1, -0.05) is 72.8 Å².